The number of hydrogen-bond donors (Lipinski definition) is 2. The number of hydrogen-bond acceptors (Lipinski definition) is 6. The van der Waals surface area contributed by atoms with Crippen molar-refractivity contribution >= 4 is 33.3 Å². The number of aromatic nitrogens is 2. The molecule has 27 heavy (non-hydrogen) atoms. The second-order valence-corrected chi connectivity index (χ2v) is 7.64. The minimum atomic E-state index is -0.543. The molecule has 1 aliphatic rings. The van der Waals surface area contributed by atoms with Gasteiger partial charge in [0.2, 0.25) is 5.91 Å². The van der Waals surface area contributed by atoms with Crippen molar-refractivity contribution in [3.63, 3.8) is 0 Å². The third-order valence-electron chi connectivity index (χ3n) is 4.74. The first-order valence-corrected chi connectivity index (χ1v) is 9.94. The van der Waals surface area contributed by atoms with Crippen LogP contribution in [0.4, 0.5) is 5.82 Å². The van der Waals surface area contributed by atoms with Crippen molar-refractivity contribution < 1.29 is 9.53 Å². The van der Waals surface area contributed by atoms with Gasteiger partial charge in [0.15, 0.2) is 0 Å². The topological polar surface area (TPSA) is 90.1 Å². The van der Waals surface area contributed by atoms with Crippen LogP contribution in [-0.4, -0.2) is 35.6 Å². The van der Waals surface area contributed by atoms with Gasteiger partial charge in [-0.15, -0.1) is 11.3 Å². The maximum absolute atomic E-state index is 11.9. The Labute approximate surface area is 161 Å². The second kappa shape index (κ2) is 7.62. The average molecular weight is 382 g/mol. The van der Waals surface area contributed by atoms with E-state index in [1.807, 2.05) is 18.2 Å². The minimum Gasteiger partial charge on any atom is -0.385 e. The molecule has 0 radical (unpaired) electrons. The Kier molecular flexibility index (Phi) is 5.05. The molecule has 3 aromatic rings. The molecule has 4 rings (SSSR count). The van der Waals surface area contributed by atoms with Crippen LogP contribution in [-0.2, 0) is 9.53 Å². The fraction of sp³-hybridized carbons (Fsp3) is 0.350. The number of anilines is 1. The summed E-state index contributed by atoms with van der Waals surface area (Å²) in [5, 5.41) is 6.32. The zero-order valence-corrected chi connectivity index (χ0v) is 16.0. The number of nitrogens with one attached hydrogen (secondary N) is 1. The molecule has 140 valence electrons. The van der Waals surface area contributed by atoms with E-state index in [2.05, 4.69) is 22.8 Å². The highest BCUT2D eigenvalue weighted by Crippen LogP contribution is 2.42. The molecule has 0 saturated heterocycles. The summed E-state index contributed by atoms with van der Waals surface area (Å²) in [7, 11) is 1.61. The van der Waals surface area contributed by atoms with Gasteiger partial charge in [-0.25, -0.2) is 9.97 Å². The first kappa shape index (κ1) is 17.9. The summed E-state index contributed by atoms with van der Waals surface area (Å²) in [6.45, 7) is 0.444. The van der Waals surface area contributed by atoms with E-state index in [0.717, 1.165) is 40.0 Å². The average Bonchev–Trinajstić information content (AvgIpc) is 3.44. The molecular weight excluding hydrogens is 360 g/mol. The van der Waals surface area contributed by atoms with Crippen molar-refractivity contribution in [3.8, 4) is 11.1 Å². The van der Waals surface area contributed by atoms with Gasteiger partial charge in [0, 0.05) is 30.6 Å². The number of rotatable bonds is 8. The van der Waals surface area contributed by atoms with Crippen molar-refractivity contribution in [2.45, 2.75) is 31.2 Å². The molecule has 0 bridgehead atoms. The fourth-order valence-corrected chi connectivity index (χ4v) is 4.06. The van der Waals surface area contributed by atoms with Gasteiger partial charge < -0.3 is 15.8 Å². The summed E-state index contributed by atoms with van der Waals surface area (Å²) < 4.78 is 5.12. The van der Waals surface area contributed by atoms with E-state index in [9.17, 15) is 4.79 Å². The molecule has 1 aliphatic carbocycles. The number of nitrogens with two attached hydrogens (primary N) is 1. The maximum atomic E-state index is 11.9. The highest BCUT2D eigenvalue weighted by molar-refractivity contribution is 7.17. The molecule has 1 saturated carbocycles. The highest BCUT2D eigenvalue weighted by Gasteiger charge is 2.29. The zero-order valence-electron chi connectivity index (χ0n) is 15.1. The van der Waals surface area contributed by atoms with Crippen molar-refractivity contribution in [1.82, 2.24) is 9.97 Å². The summed E-state index contributed by atoms with van der Waals surface area (Å²) >= 11 is 1.60. The van der Waals surface area contributed by atoms with Gasteiger partial charge in [-0.05, 0) is 24.8 Å². The lowest BCUT2D eigenvalue weighted by Crippen LogP contribution is -2.36. The number of carbonyl (C=O) groups excluding carboxylic acids is 1. The lowest BCUT2D eigenvalue weighted by Gasteiger charge is -2.17. The number of fused-ring (bicyclic) bond motifs is 1. The van der Waals surface area contributed by atoms with Gasteiger partial charge in [-0.3, -0.25) is 4.79 Å². The van der Waals surface area contributed by atoms with Crippen molar-refractivity contribution in [2.24, 2.45) is 5.73 Å². The van der Waals surface area contributed by atoms with Crippen LogP contribution in [0.5, 0.6) is 0 Å². The van der Waals surface area contributed by atoms with E-state index < -0.39 is 11.9 Å². The van der Waals surface area contributed by atoms with E-state index in [0.29, 0.717) is 24.8 Å². The Morgan fingerprint density at radius 1 is 1.33 bits per heavy atom. The largest absolute Gasteiger partial charge is 0.385 e. The number of nitrogens with zero attached hydrogens (tertiary/aromatic N) is 2. The fourth-order valence-electron chi connectivity index (χ4n) is 3.10. The first-order chi connectivity index (χ1) is 13.2. The Morgan fingerprint density at radius 3 is 2.78 bits per heavy atom. The summed E-state index contributed by atoms with van der Waals surface area (Å²) in [5.41, 5.74) is 7.77. The minimum absolute atomic E-state index is 0.414. The number of amides is 1. The lowest BCUT2D eigenvalue weighted by molar-refractivity contribution is -0.119. The molecule has 0 unspecified atom stereocenters. The number of primary amides is 1. The zero-order chi connectivity index (χ0) is 18.8. The van der Waals surface area contributed by atoms with Crippen LogP contribution in [0.3, 0.4) is 0 Å². The number of methoxy groups -OCH3 is 1. The standard InChI is InChI=1S/C20H22N4O2S/c1-26-10-9-15(17(21)25)22-19-16-14(12-5-3-2-4-6-12)11-27-20(16)24-18(23-19)13-7-8-13/h2-6,11,13,15H,7-10H2,1H3,(H2,21,25)(H,22,23,24)/t15-/m1/s1. The third-order valence-corrected chi connectivity index (χ3v) is 5.62. The molecule has 3 N–H and O–H groups in total. The molecule has 0 aliphatic heterocycles. The molecule has 1 aromatic carbocycles. The van der Waals surface area contributed by atoms with Gasteiger partial charge in [0.25, 0.3) is 0 Å². The molecule has 6 nitrogen and oxygen atoms in total. The van der Waals surface area contributed by atoms with Gasteiger partial charge in [-0.2, -0.15) is 0 Å². The van der Waals surface area contributed by atoms with Gasteiger partial charge >= 0.3 is 0 Å². The van der Waals surface area contributed by atoms with E-state index in [1.54, 1.807) is 18.4 Å². The number of thiophene rings is 1. The number of benzene rings is 1. The van der Waals surface area contributed by atoms with E-state index in [-0.39, 0.29) is 0 Å². The molecule has 1 fully saturated rings. The Bertz CT molecular complexity index is 953. The first-order valence-electron chi connectivity index (χ1n) is 9.06. The van der Waals surface area contributed by atoms with Crippen LogP contribution >= 0.6 is 11.3 Å². The molecule has 1 amide bonds. The van der Waals surface area contributed by atoms with E-state index in [4.69, 9.17) is 20.4 Å². The molecular formula is C20H22N4O2S. The summed E-state index contributed by atoms with van der Waals surface area (Å²) in [5.74, 6) is 1.54. The molecule has 7 heteroatoms. The summed E-state index contributed by atoms with van der Waals surface area (Å²) in [4.78, 5) is 22.4. The van der Waals surface area contributed by atoms with E-state index in [1.165, 1.54) is 0 Å². The van der Waals surface area contributed by atoms with Crippen LogP contribution in [0.1, 0.15) is 31.0 Å². The normalized spacial score (nSPS) is 15.0. The molecule has 1 atom stereocenters. The van der Waals surface area contributed by atoms with E-state index >= 15 is 0 Å². The number of ether oxygens (including phenoxy) is 1. The van der Waals surface area contributed by atoms with Crippen LogP contribution in [0, 0.1) is 0 Å². The van der Waals surface area contributed by atoms with Crippen LogP contribution in [0.15, 0.2) is 35.7 Å². The summed E-state index contributed by atoms with van der Waals surface area (Å²) in [6.07, 6.45) is 2.72. The molecule has 2 heterocycles. The Morgan fingerprint density at radius 2 is 2.11 bits per heavy atom. The maximum Gasteiger partial charge on any atom is 0.240 e. The highest BCUT2D eigenvalue weighted by atomic mass is 32.1. The van der Waals surface area contributed by atoms with Gasteiger partial charge in [-0.1, -0.05) is 30.3 Å². The quantitative estimate of drug-likeness (QED) is 0.622. The lowest BCUT2D eigenvalue weighted by atomic mass is 10.1. The molecule has 2 aromatic heterocycles. The van der Waals surface area contributed by atoms with Crippen molar-refractivity contribution in [1.29, 1.82) is 0 Å². The molecule has 0 spiro atoms. The Hall–Kier alpha value is -2.51. The smallest absolute Gasteiger partial charge is 0.240 e. The predicted molar refractivity (Wildman–Crippen MR) is 108 cm³/mol. The summed E-state index contributed by atoms with van der Waals surface area (Å²) in [6, 6.07) is 9.60. The Balaban J connectivity index is 1.80. The SMILES string of the molecule is COCC[C@@H](Nc1nc(C2CC2)nc2scc(-c3ccccc3)c12)C(N)=O. The third kappa shape index (κ3) is 3.79. The van der Waals surface area contributed by atoms with Crippen LogP contribution < -0.4 is 11.1 Å². The van der Waals surface area contributed by atoms with Gasteiger partial charge in [0.05, 0.1) is 5.39 Å². The van der Waals surface area contributed by atoms with Crippen LogP contribution in [0.25, 0.3) is 21.3 Å². The van der Waals surface area contributed by atoms with Crippen molar-refractivity contribution in [3.05, 3.63) is 41.5 Å². The van der Waals surface area contributed by atoms with Gasteiger partial charge in [0.1, 0.15) is 22.5 Å². The number of carbonyl (C=O) groups is 1. The van der Waals surface area contributed by atoms with Crippen LogP contribution in [0.2, 0.25) is 0 Å². The second-order valence-electron chi connectivity index (χ2n) is 6.78. The predicted octanol–water partition coefficient (Wildman–Crippen LogP) is 3.54. The van der Waals surface area contributed by atoms with Crippen molar-refractivity contribution in [2.75, 3.05) is 19.0 Å². The monoisotopic (exact) mass is 382 g/mol.